The molecule has 1 aromatic rings. The fourth-order valence-corrected chi connectivity index (χ4v) is 9.33. The molecule has 8 amide bonds. The van der Waals surface area contributed by atoms with Gasteiger partial charge in [0.2, 0.25) is 23.6 Å². The van der Waals surface area contributed by atoms with Gasteiger partial charge in [0.05, 0.1) is 46.2 Å². The molecule has 81 heavy (non-hydrogen) atoms. The minimum Gasteiger partial charge on any atom is -0.492 e. The summed E-state index contributed by atoms with van der Waals surface area (Å²) in [4.78, 5) is 102. The molecule has 0 radical (unpaired) electrons. The third kappa shape index (κ3) is 35.9. The first kappa shape index (κ1) is 71.7. The number of nitrogens with one attached hydrogen (secondary N) is 6. The van der Waals surface area contributed by atoms with E-state index in [1.165, 1.54) is 82.4 Å². The number of ether oxygens (including phenoxy) is 4. The van der Waals surface area contributed by atoms with Gasteiger partial charge in [-0.05, 0) is 43.9 Å². The lowest BCUT2D eigenvalue weighted by Crippen LogP contribution is -2.35. The van der Waals surface area contributed by atoms with Gasteiger partial charge in [-0.15, -0.1) is 0 Å². The molecule has 0 saturated heterocycles. The molecule has 0 saturated carbocycles. The smallest absolute Gasteiger partial charge is 0.253 e. The van der Waals surface area contributed by atoms with Gasteiger partial charge in [0.15, 0.2) is 0 Å². The zero-order valence-electron chi connectivity index (χ0n) is 50.2. The van der Waals surface area contributed by atoms with Crippen LogP contribution in [0.2, 0.25) is 0 Å². The molecule has 2 atom stereocenters. The largest absolute Gasteiger partial charge is 0.492 e. The van der Waals surface area contributed by atoms with Crippen molar-refractivity contribution in [3.05, 3.63) is 41.5 Å². The van der Waals surface area contributed by atoms with Crippen molar-refractivity contribution >= 4 is 47.3 Å². The monoisotopic (exact) mass is 1140 g/mol. The Morgan fingerprint density at radius 2 is 0.753 bits per heavy atom. The molecule has 0 aliphatic carbocycles. The summed E-state index contributed by atoms with van der Waals surface area (Å²) in [5.74, 6) is -2.02. The highest BCUT2D eigenvalue weighted by molar-refractivity contribution is 6.13. The van der Waals surface area contributed by atoms with E-state index in [-0.39, 0.29) is 131 Å². The van der Waals surface area contributed by atoms with Crippen molar-refractivity contribution in [3.63, 3.8) is 0 Å². The van der Waals surface area contributed by atoms with E-state index in [2.05, 4.69) is 59.6 Å². The molecule has 0 aromatic heterocycles. The Hall–Kier alpha value is -5.40. The van der Waals surface area contributed by atoms with Crippen LogP contribution in [0.5, 0.6) is 5.75 Å². The summed E-state index contributed by atoms with van der Waals surface area (Å²) in [7, 11) is 0. The maximum absolute atomic E-state index is 13.5. The summed E-state index contributed by atoms with van der Waals surface area (Å²) in [6.45, 7) is 11.5. The first-order valence-electron chi connectivity index (χ1n) is 31.1. The fourth-order valence-electron chi connectivity index (χ4n) is 9.33. The summed E-state index contributed by atoms with van der Waals surface area (Å²) in [5.41, 5.74) is 0.359. The lowest BCUT2D eigenvalue weighted by Gasteiger charge is -2.17. The van der Waals surface area contributed by atoms with Gasteiger partial charge < -0.3 is 50.8 Å². The second-order valence-electron chi connectivity index (χ2n) is 21.1. The zero-order valence-corrected chi connectivity index (χ0v) is 50.2. The first-order chi connectivity index (χ1) is 39.4. The minimum atomic E-state index is -0.451. The van der Waals surface area contributed by atoms with Crippen molar-refractivity contribution in [1.29, 1.82) is 0 Å². The van der Waals surface area contributed by atoms with Crippen LogP contribution in [0.1, 0.15) is 215 Å². The second kappa shape index (κ2) is 48.2. The lowest BCUT2D eigenvalue weighted by molar-refractivity contribution is -0.137. The number of imide groups is 1. The number of unbranched alkanes of at least 4 members (excludes halogenated alkanes) is 16. The summed E-state index contributed by atoms with van der Waals surface area (Å²) in [6, 6.07) is 4.51. The van der Waals surface area contributed by atoms with Crippen molar-refractivity contribution < 1.29 is 57.3 Å². The Kier molecular flexibility index (Phi) is 42.6. The van der Waals surface area contributed by atoms with Gasteiger partial charge in [-0.25, -0.2) is 0 Å². The van der Waals surface area contributed by atoms with E-state index in [1.807, 2.05) is 0 Å². The zero-order chi connectivity index (χ0) is 59.0. The van der Waals surface area contributed by atoms with E-state index >= 15 is 0 Å². The van der Waals surface area contributed by atoms with E-state index in [4.69, 9.17) is 18.9 Å². The van der Waals surface area contributed by atoms with Crippen LogP contribution in [0.15, 0.2) is 30.4 Å². The number of carbonyl (C=O) groups is 8. The van der Waals surface area contributed by atoms with Crippen molar-refractivity contribution in [2.24, 2.45) is 11.8 Å². The Morgan fingerprint density at radius 3 is 1.19 bits per heavy atom. The normalized spacial score (nSPS) is 12.8. The Bertz CT molecular complexity index is 1860. The van der Waals surface area contributed by atoms with Crippen LogP contribution >= 0.6 is 0 Å². The van der Waals surface area contributed by atoms with Crippen molar-refractivity contribution in [1.82, 2.24) is 36.8 Å². The van der Waals surface area contributed by atoms with E-state index in [9.17, 15) is 38.4 Å². The maximum Gasteiger partial charge on any atom is 0.253 e. The Labute approximate surface area is 485 Å². The van der Waals surface area contributed by atoms with E-state index in [0.717, 1.165) is 107 Å². The number of nitrogens with zero attached hydrogens (tertiary/aromatic N) is 1. The van der Waals surface area contributed by atoms with Gasteiger partial charge in [-0.3, -0.25) is 43.3 Å². The van der Waals surface area contributed by atoms with Gasteiger partial charge in [-0.2, -0.15) is 0 Å². The number of carbonyl (C=O) groups excluding carboxylic acids is 8. The van der Waals surface area contributed by atoms with Gasteiger partial charge in [0.25, 0.3) is 23.6 Å². The number of benzene rings is 1. The molecular formula is C62H105N7O12. The van der Waals surface area contributed by atoms with Crippen LogP contribution in [-0.4, -0.2) is 144 Å². The molecule has 1 heterocycles. The van der Waals surface area contributed by atoms with Gasteiger partial charge in [0, 0.05) is 87.2 Å². The van der Waals surface area contributed by atoms with Crippen LogP contribution in [-0.2, 0) is 43.0 Å². The van der Waals surface area contributed by atoms with Crippen LogP contribution < -0.4 is 36.6 Å². The molecule has 1 aliphatic heterocycles. The van der Waals surface area contributed by atoms with Crippen LogP contribution in [0.25, 0.3) is 0 Å². The molecule has 1 aromatic carbocycles. The van der Waals surface area contributed by atoms with Crippen LogP contribution in [0, 0.1) is 11.8 Å². The van der Waals surface area contributed by atoms with E-state index in [1.54, 1.807) is 0 Å². The standard InChI is InChI=1S/C62H105N7O12/c1-5-9-13-17-19-23-27-50(25-21-15-11-7-3)59(74)65-34-42-79-44-36-67-61(76)52-47-53(62(77)68-37-45-80-43-35-66-60(75)51(26-22-16-12-8-4)28-24-20-18-14-10-6-2)49-54(48-52)81-46-38-64-56(71)32-40-78-41-33-63-55(70)31-39-69-57(72)29-30-58(69)73/h29-30,47-51H,5-28,31-46H2,1-4H3,(H,63,70)(H,64,71)(H,65,74)(H,66,75)(H,67,76)(H,68,77). The third-order valence-corrected chi connectivity index (χ3v) is 14.2. The number of amides is 8. The lowest BCUT2D eigenvalue weighted by atomic mass is 9.93. The molecule has 0 fully saturated rings. The van der Waals surface area contributed by atoms with E-state index in [0.29, 0.717) is 26.3 Å². The van der Waals surface area contributed by atoms with Crippen LogP contribution in [0.3, 0.4) is 0 Å². The Balaban J connectivity index is 1.89. The molecule has 19 heteroatoms. The predicted octanol–water partition coefficient (Wildman–Crippen LogP) is 8.42. The molecule has 1 aliphatic rings. The molecule has 2 unspecified atom stereocenters. The van der Waals surface area contributed by atoms with Gasteiger partial charge in [-0.1, -0.05) is 156 Å². The second-order valence-corrected chi connectivity index (χ2v) is 21.1. The van der Waals surface area contributed by atoms with Crippen LogP contribution in [0.4, 0.5) is 0 Å². The predicted molar refractivity (Wildman–Crippen MR) is 317 cm³/mol. The molecule has 0 bridgehead atoms. The molecule has 460 valence electrons. The van der Waals surface area contributed by atoms with Crippen molar-refractivity contribution in [2.45, 2.75) is 195 Å². The molecule has 2 rings (SSSR count). The highest BCUT2D eigenvalue weighted by Crippen LogP contribution is 2.22. The average Bonchev–Trinajstić information content (AvgIpc) is 3.79. The quantitative estimate of drug-likeness (QED) is 0.0266. The fraction of sp³-hybridized carbons (Fsp3) is 0.742. The van der Waals surface area contributed by atoms with Gasteiger partial charge in [0.1, 0.15) is 12.4 Å². The average molecular weight is 1140 g/mol. The summed E-state index contributed by atoms with van der Waals surface area (Å²) in [6.07, 6.45) is 29.3. The summed E-state index contributed by atoms with van der Waals surface area (Å²) < 4.78 is 22.9. The molecule has 19 nitrogen and oxygen atoms in total. The minimum absolute atomic E-state index is 0.00584. The topological polar surface area (TPSA) is 249 Å². The first-order valence-corrected chi connectivity index (χ1v) is 31.1. The van der Waals surface area contributed by atoms with Crippen molar-refractivity contribution in [2.75, 3.05) is 92.1 Å². The van der Waals surface area contributed by atoms with Crippen molar-refractivity contribution in [3.8, 4) is 5.75 Å². The summed E-state index contributed by atoms with van der Waals surface area (Å²) in [5, 5.41) is 17.2. The summed E-state index contributed by atoms with van der Waals surface area (Å²) >= 11 is 0. The highest BCUT2D eigenvalue weighted by Gasteiger charge is 2.24. The SMILES string of the molecule is CCCCCCCCC(CCCCCC)C(=O)NCCOCCNC(=O)c1cc(OCCNC(=O)CCOCCNC(=O)CCN2C(=O)C=CC2=O)cc(C(=O)NCCOCCNC(=O)C(CCCCCC)CCCCCCCC)c1. The Morgan fingerprint density at radius 1 is 0.407 bits per heavy atom. The third-order valence-electron chi connectivity index (χ3n) is 14.2. The van der Waals surface area contributed by atoms with Gasteiger partial charge >= 0.3 is 0 Å². The number of hydrogen-bond acceptors (Lipinski definition) is 12. The molecular weight excluding hydrogens is 1030 g/mol. The number of rotatable bonds is 53. The highest BCUT2D eigenvalue weighted by atomic mass is 16.5. The number of hydrogen-bond donors (Lipinski definition) is 6. The molecule has 0 spiro atoms. The molecule has 6 N–H and O–H groups in total. The maximum atomic E-state index is 13.5. The van der Waals surface area contributed by atoms with E-state index < -0.39 is 23.6 Å².